The smallest absolute Gasteiger partial charge is 0.343 e. The molecule has 132 valence electrons. The number of carbonyl (C=O) groups is 2. The van der Waals surface area contributed by atoms with Gasteiger partial charge >= 0.3 is 5.97 Å². The highest BCUT2D eigenvalue weighted by Crippen LogP contribution is 2.38. The van der Waals surface area contributed by atoms with Gasteiger partial charge < -0.3 is 14.8 Å². The Morgan fingerprint density at radius 1 is 1.27 bits per heavy atom. The molecule has 0 aliphatic carbocycles. The third-order valence-corrected chi connectivity index (χ3v) is 5.15. The lowest BCUT2D eigenvalue weighted by Gasteiger charge is -2.12. The molecule has 0 radical (unpaired) electrons. The number of methoxy groups -OCH3 is 1. The molecule has 0 saturated carbocycles. The van der Waals surface area contributed by atoms with Crippen molar-refractivity contribution in [3.05, 3.63) is 63.0 Å². The quantitative estimate of drug-likeness (QED) is 0.327. The van der Waals surface area contributed by atoms with Crippen LogP contribution in [-0.4, -0.2) is 23.3 Å². The second kappa shape index (κ2) is 8.03. The maximum Gasteiger partial charge on any atom is 0.343 e. The van der Waals surface area contributed by atoms with Crippen LogP contribution in [0.1, 0.15) is 15.9 Å². The fourth-order valence-electron chi connectivity index (χ4n) is 2.22. The number of amides is 1. The van der Waals surface area contributed by atoms with Gasteiger partial charge in [-0.25, -0.2) is 4.79 Å². The molecule has 1 aliphatic heterocycles. The summed E-state index contributed by atoms with van der Waals surface area (Å²) in [5.74, 6) is -0.106. The third-order valence-electron chi connectivity index (χ3n) is 3.40. The molecule has 2 aromatic rings. The second-order valence-corrected chi connectivity index (χ2v) is 7.72. The van der Waals surface area contributed by atoms with Crippen molar-refractivity contribution in [3.63, 3.8) is 0 Å². The van der Waals surface area contributed by atoms with Crippen molar-refractivity contribution < 1.29 is 19.1 Å². The number of hydrogen-bond acceptors (Lipinski definition) is 6. The summed E-state index contributed by atoms with van der Waals surface area (Å²) in [5, 5.41) is 2.56. The SMILES string of the molecule is COc1cc(/C=C2/SC(=S)NC2=O)cc(Br)c1OC(=O)c1ccccc1. The monoisotopic (exact) mass is 449 g/mol. The molecule has 1 amide bonds. The van der Waals surface area contributed by atoms with Gasteiger partial charge in [-0.15, -0.1) is 0 Å². The van der Waals surface area contributed by atoms with Crippen molar-refractivity contribution in [2.45, 2.75) is 0 Å². The van der Waals surface area contributed by atoms with E-state index in [-0.39, 0.29) is 11.7 Å². The van der Waals surface area contributed by atoms with E-state index in [1.807, 2.05) is 6.07 Å². The number of halogens is 1. The minimum Gasteiger partial charge on any atom is -0.493 e. The van der Waals surface area contributed by atoms with Crippen LogP contribution in [0.25, 0.3) is 6.08 Å². The van der Waals surface area contributed by atoms with Gasteiger partial charge in [-0.2, -0.15) is 0 Å². The van der Waals surface area contributed by atoms with Gasteiger partial charge in [0, 0.05) is 0 Å². The normalized spacial score (nSPS) is 15.1. The number of benzene rings is 2. The first kappa shape index (κ1) is 18.6. The van der Waals surface area contributed by atoms with E-state index >= 15 is 0 Å². The predicted molar refractivity (Wildman–Crippen MR) is 108 cm³/mol. The highest BCUT2D eigenvalue weighted by Gasteiger charge is 2.23. The van der Waals surface area contributed by atoms with Gasteiger partial charge in [0.1, 0.15) is 4.32 Å². The van der Waals surface area contributed by atoms with Crippen LogP contribution in [0.2, 0.25) is 0 Å². The first-order valence-electron chi connectivity index (χ1n) is 7.37. The number of thiocarbonyl (C=S) groups is 1. The standard InChI is InChI=1S/C18H12BrNO4S2/c1-23-13-8-10(9-14-16(21)20-18(25)26-14)7-12(19)15(13)24-17(22)11-5-3-2-4-6-11/h2-9H,1H3,(H,20,21,25)/b14-9+. The lowest BCUT2D eigenvalue weighted by molar-refractivity contribution is -0.115. The number of rotatable bonds is 4. The molecule has 1 saturated heterocycles. The summed E-state index contributed by atoms with van der Waals surface area (Å²) in [6.45, 7) is 0. The van der Waals surface area contributed by atoms with Gasteiger partial charge in [0.05, 0.1) is 22.1 Å². The molecule has 0 unspecified atom stereocenters. The van der Waals surface area contributed by atoms with Crippen molar-refractivity contribution in [2.75, 3.05) is 7.11 Å². The Bertz CT molecular complexity index is 928. The average molecular weight is 450 g/mol. The maximum absolute atomic E-state index is 12.3. The molecule has 1 N–H and O–H groups in total. The van der Waals surface area contributed by atoms with Gasteiger partial charge in [0.15, 0.2) is 11.5 Å². The van der Waals surface area contributed by atoms with Crippen molar-refractivity contribution in [1.29, 1.82) is 0 Å². The Balaban J connectivity index is 1.91. The van der Waals surface area contributed by atoms with Crippen LogP contribution in [-0.2, 0) is 4.79 Å². The van der Waals surface area contributed by atoms with Crippen LogP contribution in [0.5, 0.6) is 11.5 Å². The fraction of sp³-hybridized carbons (Fsp3) is 0.0556. The van der Waals surface area contributed by atoms with Gasteiger partial charge in [0.25, 0.3) is 5.91 Å². The van der Waals surface area contributed by atoms with E-state index in [1.165, 1.54) is 18.9 Å². The van der Waals surface area contributed by atoms with E-state index in [4.69, 9.17) is 21.7 Å². The number of ether oxygens (including phenoxy) is 2. The van der Waals surface area contributed by atoms with Gasteiger partial charge in [0.2, 0.25) is 0 Å². The lowest BCUT2D eigenvalue weighted by atomic mass is 10.1. The Kier molecular flexibility index (Phi) is 5.75. The Hall–Kier alpha value is -2.16. The zero-order valence-electron chi connectivity index (χ0n) is 13.4. The number of nitrogens with one attached hydrogen (secondary N) is 1. The van der Waals surface area contributed by atoms with E-state index in [2.05, 4.69) is 21.2 Å². The molecule has 5 nitrogen and oxygen atoms in total. The molecule has 0 spiro atoms. The molecule has 3 rings (SSSR count). The maximum atomic E-state index is 12.3. The molecule has 1 heterocycles. The van der Waals surface area contributed by atoms with Crippen LogP contribution in [0.3, 0.4) is 0 Å². The molecular formula is C18H12BrNO4S2. The highest BCUT2D eigenvalue weighted by atomic mass is 79.9. The van der Waals surface area contributed by atoms with Crippen LogP contribution < -0.4 is 14.8 Å². The van der Waals surface area contributed by atoms with E-state index in [1.54, 1.807) is 42.5 Å². The van der Waals surface area contributed by atoms with E-state index in [0.717, 1.165) is 0 Å². The fourth-order valence-corrected chi connectivity index (χ4v) is 3.81. The highest BCUT2D eigenvalue weighted by molar-refractivity contribution is 9.10. The molecule has 8 heteroatoms. The first-order chi connectivity index (χ1) is 12.5. The Labute approximate surface area is 167 Å². The van der Waals surface area contributed by atoms with Gasteiger partial charge in [-0.05, 0) is 51.8 Å². The summed E-state index contributed by atoms with van der Waals surface area (Å²) in [5.41, 5.74) is 1.13. The molecule has 0 atom stereocenters. The summed E-state index contributed by atoms with van der Waals surface area (Å²) in [6, 6.07) is 12.1. The number of thioether (sulfide) groups is 1. The topological polar surface area (TPSA) is 64.6 Å². The summed E-state index contributed by atoms with van der Waals surface area (Å²) in [7, 11) is 1.48. The molecule has 26 heavy (non-hydrogen) atoms. The Morgan fingerprint density at radius 3 is 2.62 bits per heavy atom. The van der Waals surface area contributed by atoms with Crippen LogP contribution >= 0.6 is 39.9 Å². The summed E-state index contributed by atoms with van der Waals surface area (Å²) in [4.78, 5) is 24.6. The second-order valence-electron chi connectivity index (χ2n) is 5.14. The van der Waals surface area contributed by atoms with Crippen molar-refractivity contribution >= 4 is 62.2 Å². The number of carbonyl (C=O) groups excluding carboxylic acids is 2. The molecule has 0 bridgehead atoms. The average Bonchev–Trinajstić information content (AvgIpc) is 2.94. The lowest BCUT2D eigenvalue weighted by Crippen LogP contribution is -2.17. The van der Waals surface area contributed by atoms with E-state index < -0.39 is 5.97 Å². The summed E-state index contributed by atoms with van der Waals surface area (Å²) in [6.07, 6.45) is 1.69. The van der Waals surface area contributed by atoms with E-state index in [9.17, 15) is 9.59 Å². The Morgan fingerprint density at radius 2 is 2.00 bits per heavy atom. The van der Waals surface area contributed by atoms with Crippen molar-refractivity contribution in [2.24, 2.45) is 0 Å². The minimum absolute atomic E-state index is 0.241. The summed E-state index contributed by atoms with van der Waals surface area (Å²) >= 11 is 9.56. The largest absolute Gasteiger partial charge is 0.493 e. The van der Waals surface area contributed by atoms with Crippen LogP contribution in [0, 0.1) is 0 Å². The van der Waals surface area contributed by atoms with Gasteiger partial charge in [-0.3, -0.25) is 4.79 Å². The van der Waals surface area contributed by atoms with Crippen LogP contribution in [0.4, 0.5) is 0 Å². The zero-order valence-corrected chi connectivity index (χ0v) is 16.7. The number of hydrogen-bond donors (Lipinski definition) is 1. The van der Waals surface area contributed by atoms with Crippen LogP contribution in [0.15, 0.2) is 51.8 Å². The first-order valence-corrected chi connectivity index (χ1v) is 9.39. The molecule has 1 aliphatic rings. The number of esters is 1. The zero-order chi connectivity index (χ0) is 18.7. The van der Waals surface area contributed by atoms with Gasteiger partial charge in [-0.1, -0.05) is 42.2 Å². The minimum atomic E-state index is -0.494. The molecule has 1 fully saturated rings. The molecule has 2 aromatic carbocycles. The van der Waals surface area contributed by atoms with E-state index in [0.29, 0.717) is 30.6 Å². The molecular weight excluding hydrogens is 438 g/mol. The summed E-state index contributed by atoms with van der Waals surface area (Å²) < 4.78 is 11.8. The predicted octanol–water partition coefficient (Wildman–Crippen LogP) is 4.17. The van der Waals surface area contributed by atoms with Crippen molar-refractivity contribution in [3.8, 4) is 11.5 Å². The molecule has 0 aromatic heterocycles. The third kappa shape index (κ3) is 4.14. The van der Waals surface area contributed by atoms with Crippen molar-refractivity contribution in [1.82, 2.24) is 5.32 Å².